The Morgan fingerprint density at radius 2 is 1.91 bits per heavy atom. The van der Waals surface area contributed by atoms with E-state index >= 15 is 0 Å². The molecule has 34 heavy (non-hydrogen) atoms. The van der Waals surface area contributed by atoms with Crippen LogP contribution in [0.4, 0.5) is 5.82 Å². The normalized spacial score (nSPS) is 23.0. The van der Waals surface area contributed by atoms with Gasteiger partial charge < -0.3 is 20.1 Å². The number of hydrogen-bond acceptors (Lipinski definition) is 6. The lowest BCUT2D eigenvalue weighted by Gasteiger charge is -2.41. The number of nitrogens with zero attached hydrogens (tertiary/aromatic N) is 4. The van der Waals surface area contributed by atoms with Gasteiger partial charge in [-0.25, -0.2) is 4.98 Å². The topological polar surface area (TPSA) is 108 Å². The minimum atomic E-state index is -0.674. The van der Waals surface area contributed by atoms with Crippen LogP contribution in [0.2, 0.25) is 0 Å². The third-order valence-corrected chi connectivity index (χ3v) is 7.56. The second-order valence-electron chi connectivity index (χ2n) is 10.1. The fourth-order valence-corrected chi connectivity index (χ4v) is 5.81. The third kappa shape index (κ3) is 3.20. The van der Waals surface area contributed by atoms with Crippen molar-refractivity contribution >= 4 is 27.5 Å². The molecule has 0 spiro atoms. The van der Waals surface area contributed by atoms with Crippen LogP contribution in [0.3, 0.4) is 0 Å². The van der Waals surface area contributed by atoms with E-state index in [2.05, 4.69) is 4.98 Å². The minimum absolute atomic E-state index is 0.00516. The molecule has 6 rings (SSSR count). The monoisotopic (exact) mass is 459 g/mol. The number of nitrogen functional groups attached to an aromatic ring is 1. The van der Waals surface area contributed by atoms with Crippen molar-refractivity contribution in [2.24, 2.45) is 0 Å². The van der Waals surface area contributed by atoms with Crippen LogP contribution in [0.1, 0.15) is 57.5 Å². The zero-order chi connectivity index (χ0) is 23.6. The molecule has 3 aromatic heterocycles. The third-order valence-electron chi connectivity index (χ3n) is 7.56. The van der Waals surface area contributed by atoms with E-state index in [0.717, 1.165) is 47.5 Å². The van der Waals surface area contributed by atoms with Crippen molar-refractivity contribution in [3.63, 3.8) is 0 Å². The Balaban J connectivity index is 1.55. The van der Waals surface area contributed by atoms with Gasteiger partial charge in [-0.3, -0.25) is 9.48 Å². The Kier molecular flexibility index (Phi) is 4.71. The molecule has 0 amide bonds. The second kappa shape index (κ2) is 7.56. The number of rotatable bonds is 4. The molecule has 2 saturated carbocycles. The summed E-state index contributed by atoms with van der Waals surface area (Å²) in [7, 11) is 1.64. The summed E-state index contributed by atoms with van der Waals surface area (Å²) >= 11 is 0. The zero-order valence-corrected chi connectivity index (χ0v) is 19.5. The van der Waals surface area contributed by atoms with E-state index in [1.807, 2.05) is 46.6 Å². The van der Waals surface area contributed by atoms with Gasteiger partial charge in [-0.2, -0.15) is 5.10 Å². The highest BCUT2D eigenvalue weighted by atomic mass is 16.5. The van der Waals surface area contributed by atoms with Crippen LogP contribution >= 0.6 is 0 Å². The molecule has 2 aliphatic carbocycles. The van der Waals surface area contributed by atoms with Gasteiger partial charge in [-0.15, -0.1) is 0 Å². The zero-order valence-electron chi connectivity index (χ0n) is 19.5. The van der Waals surface area contributed by atoms with Gasteiger partial charge in [0, 0.05) is 23.2 Å². The van der Waals surface area contributed by atoms with Crippen molar-refractivity contribution in [3.05, 3.63) is 47.0 Å². The Hall–Kier alpha value is -3.39. The quantitative estimate of drug-likeness (QED) is 0.473. The van der Waals surface area contributed by atoms with Crippen molar-refractivity contribution in [2.45, 2.75) is 63.1 Å². The van der Waals surface area contributed by atoms with Crippen LogP contribution in [-0.2, 0) is 0 Å². The van der Waals surface area contributed by atoms with E-state index in [-0.39, 0.29) is 17.6 Å². The van der Waals surface area contributed by atoms with E-state index in [0.29, 0.717) is 35.5 Å². The van der Waals surface area contributed by atoms with Gasteiger partial charge in [0.05, 0.1) is 41.2 Å². The second-order valence-corrected chi connectivity index (χ2v) is 10.1. The molecule has 2 aliphatic rings. The smallest absolute Gasteiger partial charge is 0.258 e. The number of pyridine rings is 2. The first-order valence-corrected chi connectivity index (χ1v) is 11.9. The maximum absolute atomic E-state index is 13.6. The van der Waals surface area contributed by atoms with Crippen LogP contribution in [0.5, 0.6) is 5.75 Å². The SMILES string of the molecule is COc1cn(C2CCCC2)c(=O)c2cc(-c3nn(C4CC(C)(O)C4)c4ccnc(N)c34)ccc12. The van der Waals surface area contributed by atoms with E-state index in [9.17, 15) is 9.90 Å². The maximum atomic E-state index is 13.6. The molecule has 3 heterocycles. The summed E-state index contributed by atoms with van der Waals surface area (Å²) in [6.45, 7) is 1.85. The molecule has 0 atom stereocenters. The van der Waals surface area contributed by atoms with Gasteiger partial charge in [0.25, 0.3) is 5.56 Å². The van der Waals surface area contributed by atoms with E-state index < -0.39 is 5.60 Å². The number of benzene rings is 1. The van der Waals surface area contributed by atoms with E-state index in [4.69, 9.17) is 15.6 Å². The van der Waals surface area contributed by atoms with Gasteiger partial charge in [-0.05, 0) is 50.8 Å². The summed E-state index contributed by atoms with van der Waals surface area (Å²) in [6, 6.07) is 8.00. The van der Waals surface area contributed by atoms with Crippen molar-refractivity contribution in [3.8, 4) is 17.0 Å². The van der Waals surface area contributed by atoms with Gasteiger partial charge in [0.15, 0.2) is 0 Å². The molecular weight excluding hydrogens is 430 g/mol. The highest BCUT2D eigenvalue weighted by Crippen LogP contribution is 2.44. The summed E-state index contributed by atoms with van der Waals surface area (Å²) in [6.07, 6.45) is 9.10. The van der Waals surface area contributed by atoms with Gasteiger partial charge in [0.1, 0.15) is 17.3 Å². The summed E-state index contributed by atoms with van der Waals surface area (Å²) in [5.41, 5.74) is 8.03. The number of nitrogens with two attached hydrogens (primary N) is 1. The van der Waals surface area contributed by atoms with Crippen LogP contribution in [-0.4, -0.2) is 37.1 Å². The number of methoxy groups -OCH3 is 1. The molecule has 8 nitrogen and oxygen atoms in total. The van der Waals surface area contributed by atoms with Crippen molar-refractivity contribution in [1.29, 1.82) is 0 Å². The molecule has 176 valence electrons. The van der Waals surface area contributed by atoms with Crippen LogP contribution in [0.25, 0.3) is 32.9 Å². The Bertz CT molecular complexity index is 1470. The Labute approximate surface area is 197 Å². The molecule has 1 aromatic carbocycles. The lowest BCUT2D eigenvalue weighted by atomic mass is 9.77. The highest BCUT2D eigenvalue weighted by Gasteiger charge is 2.41. The highest BCUT2D eigenvalue weighted by molar-refractivity contribution is 6.02. The molecule has 8 heteroatoms. The lowest BCUT2D eigenvalue weighted by Crippen LogP contribution is -2.42. The summed E-state index contributed by atoms with van der Waals surface area (Å²) in [5.74, 6) is 1.10. The van der Waals surface area contributed by atoms with E-state index in [1.165, 1.54) is 0 Å². The van der Waals surface area contributed by atoms with Crippen molar-refractivity contribution in [2.75, 3.05) is 12.8 Å². The molecule has 2 fully saturated rings. The molecular formula is C26H29N5O3. The fourth-order valence-electron chi connectivity index (χ4n) is 5.81. The van der Waals surface area contributed by atoms with Gasteiger partial charge >= 0.3 is 0 Å². The number of aliphatic hydroxyl groups is 1. The minimum Gasteiger partial charge on any atom is -0.495 e. The summed E-state index contributed by atoms with van der Waals surface area (Å²) in [4.78, 5) is 17.9. The van der Waals surface area contributed by atoms with Gasteiger partial charge in [-0.1, -0.05) is 18.9 Å². The standard InChI is InChI=1S/C26H29N5O3/c1-26(33)12-17(13-26)31-20-9-10-28-24(27)22(20)23(29-31)15-7-8-18-19(11-15)25(32)30(14-21(18)34-2)16-5-3-4-6-16/h7-11,14,16-17,33H,3-6,12-13H2,1-2H3,(H2,27,28). The number of hydrogen-bond donors (Lipinski definition) is 2. The molecule has 0 aliphatic heterocycles. The number of ether oxygens (including phenoxy) is 1. The largest absolute Gasteiger partial charge is 0.495 e. The number of aromatic nitrogens is 4. The molecule has 0 saturated heterocycles. The molecule has 0 radical (unpaired) electrons. The first-order chi connectivity index (χ1) is 16.4. The van der Waals surface area contributed by atoms with Crippen LogP contribution in [0, 0.1) is 0 Å². The number of anilines is 1. The predicted octanol–water partition coefficient (Wildman–Crippen LogP) is 4.21. The number of fused-ring (bicyclic) bond motifs is 2. The summed E-state index contributed by atoms with van der Waals surface area (Å²) < 4.78 is 9.46. The first kappa shape index (κ1) is 21.2. The van der Waals surface area contributed by atoms with Gasteiger partial charge in [0.2, 0.25) is 0 Å². The van der Waals surface area contributed by atoms with Crippen LogP contribution < -0.4 is 16.0 Å². The average molecular weight is 460 g/mol. The predicted molar refractivity (Wildman–Crippen MR) is 132 cm³/mol. The molecule has 4 aromatic rings. The summed E-state index contributed by atoms with van der Waals surface area (Å²) in [5, 5.41) is 17.4. The molecule has 0 bridgehead atoms. The van der Waals surface area contributed by atoms with Crippen LogP contribution in [0.15, 0.2) is 41.5 Å². The molecule has 3 N–H and O–H groups in total. The Morgan fingerprint density at radius 3 is 2.62 bits per heavy atom. The van der Waals surface area contributed by atoms with E-state index in [1.54, 1.807) is 13.3 Å². The lowest BCUT2D eigenvalue weighted by molar-refractivity contribution is -0.0529. The Morgan fingerprint density at radius 1 is 1.15 bits per heavy atom. The molecule has 0 unspecified atom stereocenters. The van der Waals surface area contributed by atoms with Crippen molar-refractivity contribution in [1.82, 2.24) is 19.3 Å². The maximum Gasteiger partial charge on any atom is 0.258 e. The average Bonchev–Trinajstić information content (AvgIpc) is 3.47. The first-order valence-electron chi connectivity index (χ1n) is 11.9. The fraction of sp³-hybridized carbons (Fsp3) is 0.423. The van der Waals surface area contributed by atoms with Crippen molar-refractivity contribution < 1.29 is 9.84 Å².